The van der Waals surface area contributed by atoms with Gasteiger partial charge in [0.15, 0.2) is 11.8 Å². The molecule has 0 radical (unpaired) electrons. The summed E-state index contributed by atoms with van der Waals surface area (Å²) >= 11 is 0. The Morgan fingerprint density at radius 3 is 2.38 bits per heavy atom. The Balaban J connectivity index is 1.68. The minimum absolute atomic E-state index is 0.124. The number of benzene rings is 2. The van der Waals surface area contributed by atoms with Gasteiger partial charge >= 0.3 is 5.97 Å². The van der Waals surface area contributed by atoms with Crippen molar-refractivity contribution in [2.24, 2.45) is 0 Å². The lowest BCUT2D eigenvalue weighted by Crippen LogP contribution is -2.55. The van der Waals surface area contributed by atoms with E-state index in [0.29, 0.717) is 12.8 Å². The standard InChI is InChI=1S/C21H23NO4/c1-21(13-12-15-8-10-17(23)11-9-15)14-18(24)19(20(25)26-21)22(2)16-6-4-3-5-7-16/h3-11,19,23H,12-14H2,1-2H3. The Morgan fingerprint density at radius 1 is 1.12 bits per heavy atom. The van der Waals surface area contributed by atoms with E-state index < -0.39 is 17.6 Å². The smallest absolute Gasteiger partial charge is 0.337 e. The average molecular weight is 353 g/mol. The second-order valence-electron chi connectivity index (χ2n) is 7.03. The van der Waals surface area contributed by atoms with Gasteiger partial charge in [0, 0.05) is 19.2 Å². The predicted octanol–water partition coefficient (Wildman–Crippen LogP) is 3.10. The van der Waals surface area contributed by atoms with Crippen LogP contribution in [0.3, 0.4) is 0 Å². The van der Waals surface area contributed by atoms with Crippen LogP contribution in [0.1, 0.15) is 25.3 Å². The molecular formula is C21H23NO4. The highest BCUT2D eigenvalue weighted by Gasteiger charge is 2.45. The second kappa shape index (κ2) is 7.20. The molecule has 1 aliphatic heterocycles. The van der Waals surface area contributed by atoms with E-state index in [0.717, 1.165) is 11.3 Å². The van der Waals surface area contributed by atoms with Gasteiger partial charge in [0.2, 0.25) is 0 Å². The van der Waals surface area contributed by atoms with Gasteiger partial charge in [0.25, 0.3) is 0 Å². The minimum Gasteiger partial charge on any atom is -0.508 e. The van der Waals surface area contributed by atoms with E-state index in [4.69, 9.17) is 4.74 Å². The van der Waals surface area contributed by atoms with Gasteiger partial charge in [-0.2, -0.15) is 0 Å². The maximum absolute atomic E-state index is 12.7. The Hall–Kier alpha value is -2.82. The number of aryl methyl sites for hydroxylation is 1. The molecule has 0 aromatic heterocycles. The lowest BCUT2D eigenvalue weighted by Gasteiger charge is -2.39. The highest BCUT2D eigenvalue weighted by atomic mass is 16.6. The molecule has 1 N–H and O–H groups in total. The highest BCUT2D eigenvalue weighted by molar-refractivity contribution is 6.08. The van der Waals surface area contributed by atoms with Crippen molar-refractivity contribution in [1.82, 2.24) is 0 Å². The van der Waals surface area contributed by atoms with Gasteiger partial charge in [-0.25, -0.2) is 4.79 Å². The molecule has 0 bridgehead atoms. The van der Waals surface area contributed by atoms with Gasteiger partial charge in [-0.15, -0.1) is 0 Å². The number of hydrogen-bond acceptors (Lipinski definition) is 5. The first kappa shape index (κ1) is 18.0. The first-order chi connectivity index (χ1) is 12.4. The van der Waals surface area contributed by atoms with Crippen LogP contribution < -0.4 is 4.90 Å². The van der Waals surface area contributed by atoms with Gasteiger partial charge in [0.05, 0.1) is 0 Å². The summed E-state index contributed by atoms with van der Waals surface area (Å²) in [5.74, 6) is -0.410. The molecule has 5 heteroatoms. The molecule has 0 aliphatic carbocycles. The third-order valence-corrected chi connectivity index (χ3v) is 4.85. The molecule has 3 rings (SSSR count). The molecule has 0 saturated carbocycles. The Labute approximate surface area is 153 Å². The van der Waals surface area contributed by atoms with Crippen LogP contribution in [0.15, 0.2) is 54.6 Å². The van der Waals surface area contributed by atoms with Crippen LogP contribution in [0.5, 0.6) is 5.75 Å². The molecule has 1 saturated heterocycles. The molecule has 2 aromatic rings. The fraction of sp³-hybridized carbons (Fsp3) is 0.333. The van der Waals surface area contributed by atoms with Crippen molar-refractivity contribution < 1.29 is 19.4 Å². The number of anilines is 1. The molecule has 5 nitrogen and oxygen atoms in total. The fourth-order valence-corrected chi connectivity index (χ4v) is 3.33. The molecule has 1 heterocycles. The topological polar surface area (TPSA) is 66.8 Å². The van der Waals surface area contributed by atoms with Crippen molar-refractivity contribution in [3.8, 4) is 5.75 Å². The summed E-state index contributed by atoms with van der Waals surface area (Å²) in [5, 5.41) is 9.35. The quantitative estimate of drug-likeness (QED) is 0.661. The number of carbonyl (C=O) groups excluding carboxylic acids is 2. The van der Waals surface area contributed by atoms with E-state index in [1.807, 2.05) is 49.4 Å². The maximum atomic E-state index is 12.7. The van der Waals surface area contributed by atoms with Crippen LogP contribution in [-0.4, -0.2) is 35.5 Å². The minimum atomic E-state index is -0.904. The van der Waals surface area contributed by atoms with E-state index in [1.165, 1.54) is 0 Å². The predicted molar refractivity (Wildman–Crippen MR) is 99.2 cm³/mol. The summed E-state index contributed by atoms with van der Waals surface area (Å²) in [6.45, 7) is 1.81. The van der Waals surface area contributed by atoms with Crippen LogP contribution in [0.4, 0.5) is 5.69 Å². The van der Waals surface area contributed by atoms with Gasteiger partial charge < -0.3 is 14.7 Å². The van der Waals surface area contributed by atoms with Crippen molar-refractivity contribution in [1.29, 1.82) is 0 Å². The summed E-state index contributed by atoms with van der Waals surface area (Å²) in [6.07, 6.45) is 1.41. The summed E-state index contributed by atoms with van der Waals surface area (Å²) in [5.41, 5.74) is 1.02. The molecular weight excluding hydrogens is 330 g/mol. The number of nitrogens with zero attached hydrogens (tertiary/aromatic N) is 1. The number of hydrogen-bond donors (Lipinski definition) is 1. The zero-order valence-electron chi connectivity index (χ0n) is 15.0. The number of ketones is 1. The molecule has 1 fully saturated rings. The Bertz CT molecular complexity index is 767. The summed E-state index contributed by atoms with van der Waals surface area (Å²) < 4.78 is 5.69. The summed E-state index contributed by atoms with van der Waals surface area (Å²) in [7, 11) is 1.73. The first-order valence-corrected chi connectivity index (χ1v) is 8.69. The zero-order chi connectivity index (χ0) is 18.7. The number of phenols is 1. The second-order valence-corrected chi connectivity index (χ2v) is 7.03. The van der Waals surface area contributed by atoms with Gasteiger partial charge in [0.1, 0.15) is 11.4 Å². The Kier molecular flexibility index (Phi) is 4.98. The third-order valence-electron chi connectivity index (χ3n) is 4.85. The van der Waals surface area contributed by atoms with Crippen LogP contribution in [0.25, 0.3) is 0 Å². The van der Waals surface area contributed by atoms with Crippen molar-refractivity contribution in [2.75, 3.05) is 11.9 Å². The van der Waals surface area contributed by atoms with Crippen LogP contribution in [0.2, 0.25) is 0 Å². The highest BCUT2D eigenvalue weighted by Crippen LogP contribution is 2.31. The first-order valence-electron chi connectivity index (χ1n) is 8.69. The van der Waals surface area contributed by atoms with Crippen molar-refractivity contribution >= 4 is 17.4 Å². The molecule has 1 aliphatic rings. The maximum Gasteiger partial charge on any atom is 0.337 e. The van der Waals surface area contributed by atoms with Gasteiger partial charge in [-0.05, 0) is 49.6 Å². The molecule has 2 atom stereocenters. The average Bonchev–Trinajstić information content (AvgIpc) is 2.61. The molecule has 0 spiro atoms. The number of carbonyl (C=O) groups is 2. The monoisotopic (exact) mass is 353 g/mol. The number of esters is 1. The molecule has 26 heavy (non-hydrogen) atoms. The number of phenolic OH excluding ortho intramolecular Hbond substituents is 1. The molecule has 2 unspecified atom stereocenters. The summed E-state index contributed by atoms with van der Waals surface area (Å²) in [6, 6.07) is 15.4. The lowest BCUT2D eigenvalue weighted by molar-refractivity contribution is -0.171. The van der Waals surface area contributed by atoms with Crippen LogP contribution >= 0.6 is 0 Å². The van der Waals surface area contributed by atoms with E-state index >= 15 is 0 Å². The lowest BCUT2D eigenvalue weighted by atomic mass is 9.86. The summed E-state index contributed by atoms with van der Waals surface area (Å²) in [4.78, 5) is 27.0. The van der Waals surface area contributed by atoms with E-state index in [9.17, 15) is 14.7 Å². The van der Waals surface area contributed by atoms with Gasteiger partial charge in [-0.3, -0.25) is 4.79 Å². The van der Waals surface area contributed by atoms with E-state index in [2.05, 4.69) is 0 Å². The normalized spacial score (nSPS) is 22.8. The van der Waals surface area contributed by atoms with Crippen LogP contribution in [-0.2, 0) is 20.7 Å². The fourth-order valence-electron chi connectivity index (χ4n) is 3.33. The van der Waals surface area contributed by atoms with E-state index in [-0.39, 0.29) is 18.0 Å². The zero-order valence-corrected chi connectivity index (χ0v) is 15.0. The largest absolute Gasteiger partial charge is 0.508 e. The third kappa shape index (κ3) is 3.87. The number of Topliss-reactive ketones (excluding diaryl/α,β-unsaturated/α-hetero) is 1. The number of rotatable bonds is 5. The number of cyclic esters (lactones) is 1. The molecule has 136 valence electrons. The molecule has 2 aromatic carbocycles. The Morgan fingerprint density at radius 2 is 1.77 bits per heavy atom. The number of para-hydroxylation sites is 1. The van der Waals surface area contributed by atoms with Crippen molar-refractivity contribution in [3.63, 3.8) is 0 Å². The van der Waals surface area contributed by atoms with E-state index in [1.54, 1.807) is 24.1 Å². The molecule has 0 amide bonds. The SMILES string of the molecule is CN(c1ccccc1)C1C(=O)CC(C)(CCc2ccc(O)cc2)OC1=O. The van der Waals surface area contributed by atoms with Crippen LogP contribution in [0, 0.1) is 0 Å². The number of likely N-dealkylation sites (N-methyl/N-ethyl adjacent to an activating group) is 1. The number of ether oxygens (including phenoxy) is 1. The van der Waals surface area contributed by atoms with Crippen molar-refractivity contribution in [3.05, 3.63) is 60.2 Å². The van der Waals surface area contributed by atoms with Gasteiger partial charge in [-0.1, -0.05) is 30.3 Å². The number of aromatic hydroxyl groups is 1. The van der Waals surface area contributed by atoms with Crippen molar-refractivity contribution in [2.45, 2.75) is 37.8 Å².